The Hall–Kier alpha value is -2.65. The van der Waals surface area contributed by atoms with Crippen LogP contribution in [0.5, 0.6) is 0 Å². The van der Waals surface area contributed by atoms with E-state index in [9.17, 15) is 32.9 Å². The fraction of sp³-hybridized carbons (Fsp3) is 0.125. The molecule has 0 aromatic heterocycles. The van der Waals surface area contributed by atoms with Gasteiger partial charge in [0.15, 0.2) is 11.2 Å². The average molecular weight is 421 g/mol. The van der Waals surface area contributed by atoms with Gasteiger partial charge >= 0.3 is 6.18 Å². The molecule has 0 aliphatic heterocycles. The van der Waals surface area contributed by atoms with Gasteiger partial charge in [-0.2, -0.15) is 13.2 Å². The second-order valence-electron chi connectivity index (χ2n) is 5.21. The summed E-state index contributed by atoms with van der Waals surface area (Å²) < 4.78 is 38.3. The van der Waals surface area contributed by atoms with E-state index >= 15 is 0 Å². The normalized spacial score (nSPS) is 12.3. The zero-order valence-corrected chi connectivity index (χ0v) is 14.6. The number of nitro benzene ring substituents is 1. The van der Waals surface area contributed by atoms with Crippen molar-refractivity contribution in [2.24, 2.45) is 0 Å². The number of non-ortho nitro benzene ring substituents is 1. The lowest BCUT2D eigenvalue weighted by atomic mass is 10.1. The lowest BCUT2D eigenvalue weighted by molar-refractivity contribution is -0.384. The van der Waals surface area contributed by atoms with E-state index in [1.165, 1.54) is 0 Å². The highest BCUT2D eigenvalue weighted by molar-refractivity contribution is 6.45. The maximum absolute atomic E-state index is 12.8. The van der Waals surface area contributed by atoms with Crippen molar-refractivity contribution in [1.82, 2.24) is 0 Å². The minimum atomic E-state index is -4.65. The van der Waals surface area contributed by atoms with E-state index in [2.05, 4.69) is 5.32 Å². The van der Waals surface area contributed by atoms with Crippen LogP contribution in [0, 0.1) is 10.1 Å². The summed E-state index contributed by atoms with van der Waals surface area (Å²) >= 11 is 11.6. The highest BCUT2D eigenvalue weighted by Crippen LogP contribution is 2.34. The lowest BCUT2D eigenvalue weighted by Crippen LogP contribution is -2.30. The quantitative estimate of drug-likeness (QED) is 0.249. The van der Waals surface area contributed by atoms with E-state index in [1.807, 2.05) is 0 Å². The Morgan fingerprint density at radius 3 is 2.22 bits per heavy atom. The first-order valence-electron chi connectivity index (χ1n) is 7.11. The van der Waals surface area contributed by atoms with E-state index in [0.29, 0.717) is 6.07 Å². The molecule has 1 atom stereocenters. The average Bonchev–Trinajstić information content (AvgIpc) is 2.61. The van der Waals surface area contributed by atoms with Gasteiger partial charge in [-0.05, 0) is 30.3 Å². The Bertz CT molecular complexity index is 902. The molecule has 0 heterocycles. The number of benzene rings is 2. The molecule has 0 unspecified atom stereocenters. The molecule has 6 nitrogen and oxygen atoms in total. The Balaban J connectivity index is 2.18. The number of halogens is 5. The maximum Gasteiger partial charge on any atom is 0.416 e. The molecule has 0 saturated heterocycles. The topological polar surface area (TPSA) is 89.3 Å². The van der Waals surface area contributed by atoms with Gasteiger partial charge < -0.3 is 5.32 Å². The molecule has 0 bridgehead atoms. The summed E-state index contributed by atoms with van der Waals surface area (Å²) in [6.45, 7) is 0. The van der Waals surface area contributed by atoms with Crippen LogP contribution in [0.15, 0.2) is 42.5 Å². The van der Waals surface area contributed by atoms with Gasteiger partial charge in [0.25, 0.3) is 5.69 Å². The zero-order chi connectivity index (χ0) is 20.4. The minimum Gasteiger partial charge on any atom is -0.323 e. The first kappa shape index (κ1) is 20.7. The number of hydrogen-bond donors (Lipinski definition) is 1. The smallest absolute Gasteiger partial charge is 0.323 e. The summed E-state index contributed by atoms with van der Waals surface area (Å²) in [6.07, 6.45) is -4.65. The van der Waals surface area contributed by atoms with Crippen LogP contribution in [0.2, 0.25) is 5.02 Å². The number of carbonyl (C=O) groups excluding carboxylic acids is 2. The number of hydrogen-bond acceptors (Lipinski definition) is 4. The highest BCUT2D eigenvalue weighted by atomic mass is 35.5. The van der Waals surface area contributed by atoms with E-state index in [4.69, 9.17) is 23.2 Å². The summed E-state index contributed by atoms with van der Waals surface area (Å²) in [4.78, 5) is 34.2. The summed E-state index contributed by atoms with van der Waals surface area (Å²) in [5.41, 5.74) is -1.75. The molecular formula is C16H9Cl2F3N2O4. The second kappa shape index (κ2) is 7.93. The van der Waals surface area contributed by atoms with E-state index in [-0.39, 0.29) is 22.0 Å². The molecule has 27 heavy (non-hydrogen) atoms. The van der Waals surface area contributed by atoms with Gasteiger partial charge in [0, 0.05) is 17.7 Å². The largest absolute Gasteiger partial charge is 0.416 e. The molecule has 2 rings (SSSR count). The van der Waals surface area contributed by atoms with E-state index in [1.54, 1.807) is 0 Å². The molecule has 0 aliphatic rings. The molecule has 142 valence electrons. The second-order valence-corrected chi connectivity index (χ2v) is 6.06. The van der Waals surface area contributed by atoms with Gasteiger partial charge in [0.1, 0.15) is 0 Å². The molecule has 2 aromatic carbocycles. The van der Waals surface area contributed by atoms with Crippen molar-refractivity contribution in [3.63, 3.8) is 0 Å². The Kier molecular flexibility index (Phi) is 6.07. The number of Topliss-reactive ketones (excluding diaryl/α,β-unsaturated/α-hetero) is 1. The predicted octanol–water partition coefficient (Wildman–Crippen LogP) is 4.70. The first-order valence-corrected chi connectivity index (χ1v) is 7.92. The van der Waals surface area contributed by atoms with Gasteiger partial charge in [-0.15, -0.1) is 11.6 Å². The molecule has 11 heteroatoms. The lowest BCUT2D eigenvalue weighted by Gasteiger charge is -2.13. The van der Waals surface area contributed by atoms with Crippen LogP contribution in [0.4, 0.5) is 24.5 Å². The van der Waals surface area contributed by atoms with E-state index in [0.717, 1.165) is 36.4 Å². The SMILES string of the molecule is O=C(Nc1cc(C(F)(F)F)ccc1Cl)[C@H](Cl)C(=O)c1ccc([N+](=O)[O-])cc1. The van der Waals surface area contributed by atoms with Gasteiger partial charge in [-0.25, -0.2) is 0 Å². The van der Waals surface area contributed by atoms with Crippen LogP contribution >= 0.6 is 23.2 Å². The molecule has 0 radical (unpaired) electrons. The third-order valence-corrected chi connectivity index (χ3v) is 4.10. The Labute approximate surface area is 160 Å². The molecule has 0 saturated carbocycles. The van der Waals surface area contributed by atoms with E-state index < -0.39 is 33.7 Å². The third-order valence-electron chi connectivity index (χ3n) is 3.37. The molecular weight excluding hydrogens is 412 g/mol. The first-order chi connectivity index (χ1) is 12.5. The van der Waals surface area contributed by atoms with Crippen molar-refractivity contribution in [3.8, 4) is 0 Å². The maximum atomic E-state index is 12.8. The van der Waals surface area contributed by atoms with Crippen molar-refractivity contribution in [1.29, 1.82) is 0 Å². The number of alkyl halides is 4. The van der Waals surface area contributed by atoms with Crippen LogP contribution in [-0.4, -0.2) is 22.0 Å². The Morgan fingerprint density at radius 2 is 1.70 bits per heavy atom. The number of amides is 1. The molecule has 0 fully saturated rings. The third kappa shape index (κ3) is 4.95. The fourth-order valence-corrected chi connectivity index (χ4v) is 2.35. The number of nitro groups is 1. The van der Waals surface area contributed by atoms with Gasteiger partial charge in [0.05, 0.1) is 21.2 Å². The predicted molar refractivity (Wildman–Crippen MR) is 92.2 cm³/mol. The monoisotopic (exact) mass is 420 g/mol. The van der Waals surface area contributed by atoms with Gasteiger partial charge in [0.2, 0.25) is 5.91 Å². The van der Waals surface area contributed by atoms with Gasteiger partial charge in [-0.1, -0.05) is 11.6 Å². The van der Waals surface area contributed by atoms with Crippen molar-refractivity contribution in [3.05, 3.63) is 68.7 Å². The minimum absolute atomic E-state index is 0.0779. The number of anilines is 1. The summed E-state index contributed by atoms with van der Waals surface area (Å²) in [5, 5.41) is 10.7. The van der Waals surface area contributed by atoms with Crippen molar-refractivity contribution >= 4 is 46.3 Å². The fourth-order valence-electron chi connectivity index (χ4n) is 2.01. The molecule has 1 amide bonds. The zero-order valence-electron chi connectivity index (χ0n) is 13.1. The standard InChI is InChI=1S/C16H9Cl2F3N2O4/c17-11-6-3-9(16(19,20)21)7-12(11)22-15(25)13(18)14(24)8-1-4-10(5-2-8)23(26)27/h1-7,13H,(H,22,25)/t13-/m1/s1. The van der Waals surface area contributed by atoms with Crippen LogP contribution < -0.4 is 5.32 Å². The Morgan fingerprint density at radius 1 is 1.11 bits per heavy atom. The number of carbonyl (C=O) groups is 2. The summed E-state index contributed by atoms with van der Waals surface area (Å²) in [5.74, 6) is -1.98. The molecule has 0 aliphatic carbocycles. The van der Waals surface area contributed by atoms with Crippen LogP contribution in [0.25, 0.3) is 0 Å². The molecule has 1 N–H and O–H groups in total. The van der Waals surface area contributed by atoms with Gasteiger partial charge in [-0.3, -0.25) is 19.7 Å². The number of nitrogens with one attached hydrogen (secondary N) is 1. The number of ketones is 1. The van der Waals surface area contributed by atoms with Crippen LogP contribution in [-0.2, 0) is 11.0 Å². The number of rotatable bonds is 5. The van der Waals surface area contributed by atoms with Crippen LogP contribution in [0.3, 0.4) is 0 Å². The summed E-state index contributed by atoms with van der Waals surface area (Å²) in [7, 11) is 0. The summed E-state index contributed by atoms with van der Waals surface area (Å²) in [6, 6.07) is 6.62. The van der Waals surface area contributed by atoms with Crippen molar-refractivity contribution < 1.29 is 27.7 Å². The van der Waals surface area contributed by atoms with Crippen LogP contribution in [0.1, 0.15) is 15.9 Å². The molecule has 0 spiro atoms. The number of nitrogens with zero attached hydrogens (tertiary/aromatic N) is 1. The van der Waals surface area contributed by atoms with Crippen molar-refractivity contribution in [2.75, 3.05) is 5.32 Å². The van der Waals surface area contributed by atoms with Crippen molar-refractivity contribution in [2.45, 2.75) is 11.6 Å². The molecule has 2 aromatic rings. The highest BCUT2D eigenvalue weighted by Gasteiger charge is 2.32.